The van der Waals surface area contributed by atoms with E-state index in [0.717, 1.165) is 25.7 Å². The van der Waals surface area contributed by atoms with Gasteiger partial charge in [-0.3, -0.25) is 9.52 Å². The van der Waals surface area contributed by atoms with Gasteiger partial charge in [0.25, 0.3) is 15.9 Å². The van der Waals surface area contributed by atoms with Crippen LogP contribution in [0.25, 0.3) is 0 Å². The standard InChI is InChI=1S/C29H39ClN4O6S/c1-19-16-34(20(2)18-35)28(36)24-10-7-11-25(32-41(38,39)23-14-12-21(30)13-15-23)27(24)40-26(19)17-33(3)29(37)31-22-8-5-4-6-9-22/h7,10-15,19-20,22,26,32,35H,4-6,8-9,16-18H2,1-3H3,(H,31,37)/t19-,20+,26-/m0/s1. The van der Waals surface area contributed by atoms with Crippen LogP contribution in [0, 0.1) is 5.92 Å². The molecule has 1 saturated carbocycles. The topological polar surface area (TPSA) is 128 Å². The number of urea groups is 1. The van der Waals surface area contributed by atoms with E-state index in [2.05, 4.69) is 10.0 Å². The Kier molecular flexibility index (Phi) is 10.0. The predicted octanol–water partition coefficient (Wildman–Crippen LogP) is 4.34. The number of hydrogen-bond acceptors (Lipinski definition) is 6. The fourth-order valence-electron chi connectivity index (χ4n) is 5.24. The Morgan fingerprint density at radius 2 is 1.85 bits per heavy atom. The van der Waals surface area contributed by atoms with Gasteiger partial charge in [-0.15, -0.1) is 0 Å². The summed E-state index contributed by atoms with van der Waals surface area (Å²) in [6.45, 7) is 3.90. The molecule has 2 aliphatic rings. The van der Waals surface area contributed by atoms with Crippen LogP contribution in [0.3, 0.4) is 0 Å². The fourth-order valence-corrected chi connectivity index (χ4v) is 6.43. The van der Waals surface area contributed by atoms with Gasteiger partial charge in [-0.1, -0.05) is 43.9 Å². The number of hydrogen-bond donors (Lipinski definition) is 3. The van der Waals surface area contributed by atoms with Crippen LogP contribution in [0.2, 0.25) is 5.02 Å². The highest BCUT2D eigenvalue weighted by Gasteiger charge is 2.35. The number of likely N-dealkylation sites (N-methyl/N-ethyl adjacent to an activating group) is 1. The molecule has 0 radical (unpaired) electrons. The van der Waals surface area contributed by atoms with Crippen molar-refractivity contribution >= 4 is 39.2 Å². The van der Waals surface area contributed by atoms with Crippen molar-refractivity contribution in [2.24, 2.45) is 5.92 Å². The SMILES string of the molecule is C[C@H](CO)N1C[C@H](C)[C@H](CN(C)C(=O)NC2CCCCC2)Oc2c(NS(=O)(=O)c3ccc(Cl)cc3)cccc2C1=O. The molecular weight excluding hydrogens is 568 g/mol. The van der Waals surface area contributed by atoms with Gasteiger partial charge in [-0.2, -0.15) is 0 Å². The van der Waals surface area contributed by atoms with E-state index in [-0.39, 0.29) is 65.5 Å². The lowest BCUT2D eigenvalue weighted by atomic mass is 9.96. The zero-order valence-corrected chi connectivity index (χ0v) is 25.2. The molecule has 1 heterocycles. The maximum atomic E-state index is 13.7. The number of para-hydroxylation sites is 1. The molecule has 2 aromatic carbocycles. The molecule has 0 unspecified atom stereocenters. The Labute approximate surface area is 247 Å². The summed E-state index contributed by atoms with van der Waals surface area (Å²) in [6, 6.07) is 9.86. The summed E-state index contributed by atoms with van der Waals surface area (Å²) >= 11 is 5.94. The fraction of sp³-hybridized carbons (Fsp3) is 0.517. The van der Waals surface area contributed by atoms with E-state index in [9.17, 15) is 23.1 Å². The van der Waals surface area contributed by atoms with E-state index in [1.165, 1.54) is 36.8 Å². The van der Waals surface area contributed by atoms with Crippen LogP contribution in [0.4, 0.5) is 10.5 Å². The third-order valence-electron chi connectivity index (χ3n) is 7.79. The third kappa shape index (κ3) is 7.44. The number of nitrogens with zero attached hydrogens (tertiary/aromatic N) is 2. The minimum absolute atomic E-state index is 0.00348. The number of nitrogens with one attached hydrogen (secondary N) is 2. The van der Waals surface area contributed by atoms with Gasteiger partial charge in [-0.05, 0) is 56.2 Å². The highest BCUT2D eigenvalue weighted by molar-refractivity contribution is 7.92. The minimum atomic E-state index is -4.05. The monoisotopic (exact) mass is 606 g/mol. The summed E-state index contributed by atoms with van der Waals surface area (Å²) in [6.07, 6.45) is 4.69. The lowest BCUT2D eigenvalue weighted by molar-refractivity contribution is 0.0368. The van der Waals surface area contributed by atoms with Crippen LogP contribution in [-0.4, -0.2) is 80.2 Å². The first kappa shape index (κ1) is 30.9. The molecule has 0 spiro atoms. The van der Waals surface area contributed by atoms with Gasteiger partial charge in [0.05, 0.1) is 35.3 Å². The maximum absolute atomic E-state index is 13.7. The molecule has 10 nitrogen and oxygen atoms in total. The molecule has 41 heavy (non-hydrogen) atoms. The number of benzene rings is 2. The van der Waals surface area contributed by atoms with E-state index in [4.69, 9.17) is 16.3 Å². The Balaban J connectivity index is 1.66. The number of carbonyl (C=O) groups excluding carboxylic acids is 2. The Bertz CT molecular complexity index is 1330. The van der Waals surface area contributed by atoms with Crippen molar-refractivity contribution in [3.05, 3.63) is 53.1 Å². The van der Waals surface area contributed by atoms with E-state index in [1.807, 2.05) is 6.92 Å². The lowest BCUT2D eigenvalue weighted by Crippen LogP contribution is -2.52. The summed E-state index contributed by atoms with van der Waals surface area (Å²) in [5.74, 6) is -0.572. The van der Waals surface area contributed by atoms with Crippen molar-refractivity contribution in [3.63, 3.8) is 0 Å². The molecule has 3 amide bonds. The van der Waals surface area contributed by atoms with Crippen LogP contribution in [0.5, 0.6) is 5.75 Å². The van der Waals surface area contributed by atoms with Gasteiger partial charge >= 0.3 is 6.03 Å². The van der Waals surface area contributed by atoms with Gasteiger partial charge < -0.3 is 25.0 Å². The van der Waals surface area contributed by atoms with Crippen LogP contribution in [0.1, 0.15) is 56.3 Å². The van der Waals surface area contributed by atoms with Crippen molar-refractivity contribution in [3.8, 4) is 5.75 Å². The molecule has 12 heteroatoms. The van der Waals surface area contributed by atoms with Crippen molar-refractivity contribution in [2.45, 2.75) is 69.0 Å². The number of rotatable bonds is 8. The van der Waals surface area contributed by atoms with Gasteiger partial charge in [0.2, 0.25) is 0 Å². The van der Waals surface area contributed by atoms with E-state index in [1.54, 1.807) is 35.9 Å². The number of anilines is 1. The number of halogens is 1. The number of fused-ring (bicyclic) bond motifs is 1. The molecule has 1 fully saturated rings. The summed E-state index contributed by atoms with van der Waals surface area (Å²) < 4.78 is 35.5. The molecule has 4 rings (SSSR count). The Hall–Kier alpha value is -3.02. The zero-order valence-electron chi connectivity index (χ0n) is 23.7. The smallest absolute Gasteiger partial charge is 0.317 e. The second-order valence-electron chi connectivity index (χ2n) is 11.0. The molecule has 224 valence electrons. The molecular formula is C29H39ClN4O6S. The van der Waals surface area contributed by atoms with Crippen molar-refractivity contribution in [1.29, 1.82) is 0 Å². The summed E-state index contributed by atoms with van der Waals surface area (Å²) in [7, 11) is -2.35. The molecule has 3 atom stereocenters. The molecule has 3 N–H and O–H groups in total. The quantitative estimate of drug-likeness (QED) is 0.410. The zero-order chi connectivity index (χ0) is 29.7. The van der Waals surface area contributed by atoms with E-state index >= 15 is 0 Å². The maximum Gasteiger partial charge on any atom is 0.317 e. The highest BCUT2D eigenvalue weighted by Crippen LogP contribution is 2.36. The number of amides is 3. The van der Waals surface area contributed by atoms with E-state index in [0.29, 0.717) is 5.02 Å². The molecule has 0 bridgehead atoms. The number of aliphatic hydroxyl groups is 1. The predicted molar refractivity (Wildman–Crippen MR) is 158 cm³/mol. The molecule has 2 aromatic rings. The van der Waals surface area contributed by atoms with Gasteiger partial charge in [0.15, 0.2) is 5.75 Å². The Morgan fingerprint density at radius 3 is 2.51 bits per heavy atom. The number of ether oxygens (including phenoxy) is 1. The minimum Gasteiger partial charge on any atom is -0.485 e. The van der Waals surface area contributed by atoms with Crippen LogP contribution in [-0.2, 0) is 10.0 Å². The van der Waals surface area contributed by atoms with Crippen molar-refractivity contribution in [2.75, 3.05) is 31.5 Å². The third-order valence-corrected chi connectivity index (χ3v) is 9.43. The van der Waals surface area contributed by atoms with Crippen molar-refractivity contribution < 1.29 is 27.9 Å². The average molecular weight is 607 g/mol. The molecule has 1 aliphatic heterocycles. The van der Waals surface area contributed by atoms with Gasteiger partial charge in [0.1, 0.15) is 6.10 Å². The largest absolute Gasteiger partial charge is 0.485 e. The lowest BCUT2D eigenvalue weighted by Gasteiger charge is -2.38. The molecule has 1 aliphatic carbocycles. The molecule has 0 aromatic heterocycles. The van der Waals surface area contributed by atoms with Crippen molar-refractivity contribution in [1.82, 2.24) is 15.1 Å². The van der Waals surface area contributed by atoms with Crippen LogP contribution in [0.15, 0.2) is 47.4 Å². The number of carbonyl (C=O) groups is 2. The number of sulfonamides is 1. The first-order valence-electron chi connectivity index (χ1n) is 14.0. The summed E-state index contributed by atoms with van der Waals surface area (Å²) in [5.41, 5.74) is 0.253. The summed E-state index contributed by atoms with van der Waals surface area (Å²) in [5, 5.41) is 13.4. The average Bonchev–Trinajstić information content (AvgIpc) is 2.95. The van der Waals surface area contributed by atoms with E-state index < -0.39 is 22.2 Å². The molecule has 0 saturated heterocycles. The normalized spacial score (nSPS) is 20.7. The van der Waals surface area contributed by atoms with Crippen LogP contribution < -0.4 is 14.8 Å². The van der Waals surface area contributed by atoms with Gasteiger partial charge in [0, 0.05) is 30.6 Å². The summed E-state index contributed by atoms with van der Waals surface area (Å²) in [4.78, 5) is 29.9. The highest BCUT2D eigenvalue weighted by atomic mass is 35.5. The first-order valence-corrected chi connectivity index (χ1v) is 15.9. The second-order valence-corrected chi connectivity index (χ2v) is 13.1. The second kappa shape index (κ2) is 13.3. The first-order chi connectivity index (χ1) is 19.5. The Morgan fingerprint density at radius 1 is 1.17 bits per heavy atom. The van der Waals surface area contributed by atoms with Gasteiger partial charge in [-0.25, -0.2) is 13.2 Å². The number of aliphatic hydroxyl groups excluding tert-OH is 1. The van der Waals surface area contributed by atoms with Crippen LogP contribution >= 0.6 is 11.6 Å².